The molecule has 1 amide bonds. The third kappa shape index (κ3) is 8.87. The zero-order valence-electron chi connectivity index (χ0n) is 16.4. The molecule has 0 aromatic heterocycles. The third-order valence-electron chi connectivity index (χ3n) is 3.30. The van der Waals surface area contributed by atoms with Crippen molar-refractivity contribution in [1.29, 1.82) is 0 Å². The Kier molecular flexibility index (Phi) is 9.98. The van der Waals surface area contributed by atoms with E-state index in [2.05, 4.69) is 26.6 Å². The summed E-state index contributed by atoms with van der Waals surface area (Å²) >= 11 is 3.57. The van der Waals surface area contributed by atoms with Gasteiger partial charge in [0.2, 0.25) is 0 Å². The predicted octanol–water partition coefficient (Wildman–Crippen LogP) is 3.27. The molecule has 0 fully saturated rings. The van der Waals surface area contributed by atoms with Crippen LogP contribution in [0.3, 0.4) is 0 Å². The van der Waals surface area contributed by atoms with Gasteiger partial charge in [0, 0.05) is 30.3 Å². The van der Waals surface area contributed by atoms with Crippen LogP contribution in [0.25, 0.3) is 0 Å². The molecule has 0 radical (unpaired) electrons. The molecule has 2 N–H and O–H groups in total. The van der Waals surface area contributed by atoms with E-state index in [1.54, 1.807) is 7.11 Å². The van der Waals surface area contributed by atoms with Crippen LogP contribution in [0.2, 0.25) is 0 Å². The second kappa shape index (κ2) is 11.4. The second-order valence-electron chi connectivity index (χ2n) is 6.93. The lowest BCUT2D eigenvalue weighted by Crippen LogP contribution is -2.43. The minimum Gasteiger partial charge on any atom is -0.490 e. The molecule has 26 heavy (non-hydrogen) atoms. The van der Waals surface area contributed by atoms with E-state index in [-0.39, 0.29) is 18.1 Å². The van der Waals surface area contributed by atoms with Gasteiger partial charge in [-0.1, -0.05) is 15.9 Å². The summed E-state index contributed by atoms with van der Waals surface area (Å²) in [6.45, 7) is 10.5. The molecule has 0 saturated heterocycles. The number of amides is 1. The molecule has 0 aliphatic carbocycles. The molecular formula is C19H31BrN2O4. The number of halogens is 1. The van der Waals surface area contributed by atoms with Gasteiger partial charge in [0.15, 0.2) is 18.1 Å². The molecule has 0 bridgehead atoms. The average molecular weight is 431 g/mol. The first-order valence-corrected chi connectivity index (χ1v) is 9.64. The lowest BCUT2D eigenvalue weighted by molar-refractivity contribution is -0.124. The monoisotopic (exact) mass is 430 g/mol. The van der Waals surface area contributed by atoms with Crippen molar-refractivity contribution in [2.75, 3.05) is 33.5 Å². The smallest absolute Gasteiger partial charge is 0.258 e. The zero-order valence-corrected chi connectivity index (χ0v) is 18.0. The molecule has 0 aliphatic rings. The number of hydrogen-bond donors (Lipinski definition) is 2. The van der Waals surface area contributed by atoms with E-state index >= 15 is 0 Å². The van der Waals surface area contributed by atoms with E-state index in [1.165, 1.54) is 0 Å². The van der Waals surface area contributed by atoms with Crippen molar-refractivity contribution >= 4 is 21.8 Å². The first-order chi connectivity index (χ1) is 12.3. The van der Waals surface area contributed by atoms with E-state index in [0.29, 0.717) is 24.7 Å². The van der Waals surface area contributed by atoms with Crippen molar-refractivity contribution in [3.63, 3.8) is 0 Å². The van der Waals surface area contributed by atoms with Crippen LogP contribution in [0.1, 0.15) is 39.7 Å². The Hall–Kier alpha value is -1.31. The molecule has 148 valence electrons. The summed E-state index contributed by atoms with van der Waals surface area (Å²) in [5, 5.41) is 6.25. The van der Waals surface area contributed by atoms with Crippen LogP contribution < -0.4 is 20.1 Å². The Morgan fingerprint density at radius 1 is 1.19 bits per heavy atom. The maximum Gasteiger partial charge on any atom is 0.258 e. The second-order valence-corrected chi connectivity index (χ2v) is 7.79. The van der Waals surface area contributed by atoms with Gasteiger partial charge in [-0.2, -0.15) is 0 Å². The van der Waals surface area contributed by atoms with Crippen molar-refractivity contribution in [3.8, 4) is 11.5 Å². The predicted molar refractivity (Wildman–Crippen MR) is 107 cm³/mol. The number of ether oxygens (including phenoxy) is 3. The zero-order chi connectivity index (χ0) is 19.6. The summed E-state index contributed by atoms with van der Waals surface area (Å²) in [5.74, 6) is 1.01. The highest BCUT2D eigenvalue weighted by atomic mass is 79.9. The van der Waals surface area contributed by atoms with Crippen LogP contribution in [0.4, 0.5) is 0 Å². The topological polar surface area (TPSA) is 68.8 Å². The minimum atomic E-state index is -0.290. The van der Waals surface area contributed by atoms with Crippen molar-refractivity contribution in [2.24, 2.45) is 0 Å². The Morgan fingerprint density at radius 2 is 1.88 bits per heavy atom. The van der Waals surface area contributed by atoms with E-state index in [9.17, 15) is 4.79 Å². The van der Waals surface area contributed by atoms with Crippen molar-refractivity contribution in [3.05, 3.63) is 22.2 Å². The Balaban J connectivity index is 2.73. The van der Waals surface area contributed by atoms with Crippen LogP contribution in [0.15, 0.2) is 16.6 Å². The fraction of sp³-hybridized carbons (Fsp3) is 0.632. The summed E-state index contributed by atoms with van der Waals surface area (Å²) in [5.41, 5.74) is 0.777. The number of carbonyl (C=O) groups excluding carboxylic acids is 1. The van der Waals surface area contributed by atoms with Gasteiger partial charge < -0.3 is 24.8 Å². The molecular weight excluding hydrogens is 400 g/mol. The molecule has 1 rings (SSSR count). The molecule has 0 spiro atoms. The summed E-state index contributed by atoms with van der Waals surface area (Å²) in [6.07, 6.45) is 0.955. The van der Waals surface area contributed by atoms with Crippen LogP contribution in [-0.2, 0) is 16.1 Å². The fourth-order valence-corrected chi connectivity index (χ4v) is 2.72. The van der Waals surface area contributed by atoms with Crippen molar-refractivity contribution < 1.29 is 19.0 Å². The van der Waals surface area contributed by atoms with Gasteiger partial charge in [-0.15, -0.1) is 0 Å². The van der Waals surface area contributed by atoms with Crippen molar-refractivity contribution in [1.82, 2.24) is 10.6 Å². The van der Waals surface area contributed by atoms with Crippen molar-refractivity contribution in [2.45, 2.75) is 46.2 Å². The molecule has 0 heterocycles. The largest absolute Gasteiger partial charge is 0.490 e. The lowest BCUT2D eigenvalue weighted by atomic mass is 10.1. The Bertz CT molecular complexity index is 573. The maximum absolute atomic E-state index is 12.0. The summed E-state index contributed by atoms with van der Waals surface area (Å²) < 4.78 is 17.3. The minimum absolute atomic E-state index is 0.0571. The third-order valence-corrected chi connectivity index (χ3v) is 4.04. The molecule has 0 saturated carbocycles. The van der Waals surface area contributed by atoms with Gasteiger partial charge >= 0.3 is 0 Å². The molecule has 1 aromatic rings. The average Bonchev–Trinajstić information content (AvgIpc) is 2.54. The standard InChI is InChI=1S/C19H31BrN2O4/c1-6-25-16-10-14(12-21-8-7-9-24-5)15(20)11-17(16)26-13-18(23)22-19(2,3)4/h10-11,21H,6-9,12-13H2,1-5H3,(H,22,23). The van der Waals surface area contributed by atoms with Gasteiger partial charge in [-0.25, -0.2) is 0 Å². The molecule has 0 unspecified atom stereocenters. The Labute approximate surface area is 165 Å². The number of benzene rings is 1. The number of methoxy groups -OCH3 is 1. The molecule has 0 atom stereocenters. The SMILES string of the molecule is CCOc1cc(CNCCCOC)c(Br)cc1OCC(=O)NC(C)(C)C. The number of rotatable bonds is 11. The highest BCUT2D eigenvalue weighted by molar-refractivity contribution is 9.10. The van der Waals surface area contributed by atoms with Gasteiger partial charge in [0.25, 0.3) is 5.91 Å². The number of hydrogen-bond acceptors (Lipinski definition) is 5. The normalized spacial score (nSPS) is 11.3. The quantitative estimate of drug-likeness (QED) is 0.527. The first kappa shape index (κ1) is 22.7. The van der Waals surface area contributed by atoms with E-state index < -0.39 is 0 Å². The first-order valence-electron chi connectivity index (χ1n) is 8.85. The summed E-state index contributed by atoms with van der Waals surface area (Å²) in [7, 11) is 1.70. The fourth-order valence-electron chi connectivity index (χ4n) is 2.26. The van der Waals surface area contributed by atoms with Crippen LogP contribution in [0, 0.1) is 0 Å². The highest BCUT2D eigenvalue weighted by Gasteiger charge is 2.16. The molecule has 7 heteroatoms. The summed E-state index contributed by atoms with van der Waals surface area (Å²) in [6, 6.07) is 3.79. The van der Waals surface area contributed by atoms with E-state index in [0.717, 1.165) is 29.6 Å². The lowest BCUT2D eigenvalue weighted by Gasteiger charge is -2.21. The van der Waals surface area contributed by atoms with Crippen LogP contribution >= 0.6 is 15.9 Å². The van der Waals surface area contributed by atoms with Crippen LogP contribution in [-0.4, -0.2) is 44.9 Å². The van der Waals surface area contributed by atoms with Gasteiger partial charge in [0.1, 0.15) is 0 Å². The Morgan fingerprint density at radius 3 is 2.50 bits per heavy atom. The van der Waals surface area contributed by atoms with Gasteiger partial charge in [-0.05, 0) is 58.4 Å². The van der Waals surface area contributed by atoms with Gasteiger partial charge in [0.05, 0.1) is 6.61 Å². The van der Waals surface area contributed by atoms with Crippen LogP contribution in [0.5, 0.6) is 11.5 Å². The van der Waals surface area contributed by atoms with E-state index in [1.807, 2.05) is 39.8 Å². The van der Waals surface area contributed by atoms with E-state index in [4.69, 9.17) is 14.2 Å². The number of carbonyl (C=O) groups is 1. The highest BCUT2D eigenvalue weighted by Crippen LogP contribution is 2.34. The molecule has 0 aliphatic heterocycles. The summed E-state index contributed by atoms with van der Waals surface area (Å²) in [4.78, 5) is 12.0. The molecule has 6 nitrogen and oxygen atoms in total. The molecule has 1 aromatic carbocycles. The maximum atomic E-state index is 12.0. The van der Waals surface area contributed by atoms with Gasteiger partial charge in [-0.3, -0.25) is 4.79 Å². The number of nitrogens with one attached hydrogen (secondary N) is 2.